The molecule has 0 aliphatic carbocycles. The molecule has 1 aromatic carbocycles. The van der Waals surface area contributed by atoms with Crippen LogP contribution >= 0.6 is 0 Å². The maximum atomic E-state index is 12.2. The second-order valence-corrected chi connectivity index (χ2v) is 4.97. The molecule has 0 fully saturated rings. The van der Waals surface area contributed by atoms with Crippen LogP contribution in [0.3, 0.4) is 0 Å². The number of aryl methyl sites for hydroxylation is 1. The van der Waals surface area contributed by atoms with E-state index in [1.165, 1.54) is 0 Å². The van der Waals surface area contributed by atoms with Crippen molar-refractivity contribution in [2.45, 2.75) is 13.8 Å². The van der Waals surface area contributed by atoms with Crippen molar-refractivity contribution in [3.8, 4) is 22.8 Å². The van der Waals surface area contributed by atoms with Gasteiger partial charge in [0.1, 0.15) is 5.69 Å². The third-order valence-electron chi connectivity index (χ3n) is 3.35. The van der Waals surface area contributed by atoms with Gasteiger partial charge in [0.05, 0.1) is 5.69 Å². The van der Waals surface area contributed by atoms with Crippen molar-refractivity contribution in [1.82, 2.24) is 15.0 Å². The van der Waals surface area contributed by atoms with E-state index in [-0.39, 0.29) is 5.56 Å². The predicted octanol–water partition coefficient (Wildman–Crippen LogP) is 3.12. The molecule has 2 aromatic heterocycles. The maximum Gasteiger partial charge on any atom is 0.254 e. The van der Waals surface area contributed by atoms with Gasteiger partial charge in [0.15, 0.2) is 5.82 Å². The fourth-order valence-corrected chi connectivity index (χ4v) is 2.14. The molecule has 4 heteroatoms. The summed E-state index contributed by atoms with van der Waals surface area (Å²) in [5.74, 6) is 0.490. The molecule has 104 valence electrons. The second-order valence-electron chi connectivity index (χ2n) is 4.97. The molecular weight excluding hydrogens is 262 g/mol. The van der Waals surface area contributed by atoms with Crippen LogP contribution in [0.4, 0.5) is 0 Å². The van der Waals surface area contributed by atoms with E-state index < -0.39 is 0 Å². The average molecular weight is 277 g/mol. The van der Waals surface area contributed by atoms with Gasteiger partial charge in [0, 0.05) is 17.3 Å². The maximum absolute atomic E-state index is 12.2. The highest BCUT2D eigenvalue weighted by Crippen LogP contribution is 2.21. The number of aromatic nitrogens is 3. The van der Waals surface area contributed by atoms with Crippen molar-refractivity contribution < 1.29 is 0 Å². The number of nitrogens with one attached hydrogen (secondary N) is 1. The topological polar surface area (TPSA) is 58.6 Å². The molecule has 0 saturated heterocycles. The molecule has 0 atom stereocenters. The number of hydrogen-bond donors (Lipinski definition) is 1. The SMILES string of the molecule is Cc1ccc(-c2nc(-c3ccccc3)c(C)c(=O)[nH]2)nc1. The summed E-state index contributed by atoms with van der Waals surface area (Å²) in [6.07, 6.45) is 1.76. The lowest BCUT2D eigenvalue weighted by Gasteiger charge is -2.07. The first kappa shape index (κ1) is 13.2. The highest BCUT2D eigenvalue weighted by molar-refractivity contribution is 5.65. The zero-order chi connectivity index (χ0) is 14.8. The van der Waals surface area contributed by atoms with Crippen LogP contribution in [0.1, 0.15) is 11.1 Å². The van der Waals surface area contributed by atoms with Crippen LogP contribution in [0.15, 0.2) is 53.5 Å². The Morgan fingerprint density at radius 2 is 1.76 bits per heavy atom. The number of nitrogens with zero attached hydrogens (tertiary/aromatic N) is 2. The molecular formula is C17H15N3O. The van der Waals surface area contributed by atoms with Crippen molar-refractivity contribution in [2.24, 2.45) is 0 Å². The van der Waals surface area contributed by atoms with E-state index in [0.29, 0.717) is 22.8 Å². The average Bonchev–Trinajstić information content (AvgIpc) is 2.51. The Morgan fingerprint density at radius 1 is 1.00 bits per heavy atom. The predicted molar refractivity (Wildman–Crippen MR) is 83.0 cm³/mol. The van der Waals surface area contributed by atoms with Gasteiger partial charge in [-0.25, -0.2) is 4.98 Å². The number of benzene rings is 1. The molecule has 0 bridgehead atoms. The Hall–Kier alpha value is -2.75. The van der Waals surface area contributed by atoms with Crippen LogP contribution in [0.5, 0.6) is 0 Å². The van der Waals surface area contributed by atoms with Crippen molar-refractivity contribution in [1.29, 1.82) is 0 Å². The Bertz CT molecular complexity index is 821. The van der Waals surface area contributed by atoms with E-state index in [2.05, 4.69) is 15.0 Å². The first-order valence-corrected chi connectivity index (χ1v) is 6.74. The summed E-state index contributed by atoms with van der Waals surface area (Å²) in [5.41, 5.74) is 3.82. The van der Waals surface area contributed by atoms with Crippen LogP contribution in [-0.2, 0) is 0 Å². The van der Waals surface area contributed by atoms with Gasteiger partial charge in [-0.3, -0.25) is 9.78 Å². The Balaban J connectivity index is 2.19. The van der Waals surface area contributed by atoms with Crippen LogP contribution in [0.25, 0.3) is 22.8 Å². The third-order valence-corrected chi connectivity index (χ3v) is 3.35. The molecule has 0 spiro atoms. The normalized spacial score (nSPS) is 10.6. The fraction of sp³-hybridized carbons (Fsp3) is 0.118. The molecule has 1 N–H and O–H groups in total. The lowest BCUT2D eigenvalue weighted by atomic mass is 10.1. The van der Waals surface area contributed by atoms with Gasteiger partial charge in [-0.1, -0.05) is 36.4 Å². The molecule has 3 aromatic rings. The second kappa shape index (κ2) is 5.32. The quantitative estimate of drug-likeness (QED) is 0.783. The minimum atomic E-state index is -0.138. The van der Waals surface area contributed by atoms with Crippen LogP contribution in [0.2, 0.25) is 0 Å². The molecule has 0 saturated carbocycles. The molecule has 3 rings (SSSR count). The highest BCUT2D eigenvalue weighted by Gasteiger charge is 2.11. The van der Waals surface area contributed by atoms with Gasteiger partial charge in [-0.05, 0) is 25.5 Å². The molecule has 4 nitrogen and oxygen atoms in total. The van der Waals surface area contributed by atoms with Crippen molar-refractivity contribution in [3.05, 3.63) is 70.1 Å². The summed E-state index contributed by atoms with van der Waals surface area (Å²) < 4.78 is 0. The van der Waals surface area contributed by atoms with E-state index in [1.54, 1.807) is 13.1 Å². The first-order chi connectivity index (χ1) is 10.1. The number of pyridine rings is 1. The lowest BCUT2D eigenvalue weighted by molar-refractivity contribution is 1.07. The van der Waals surface area contributed by atoms with Gasteiger partial charge in [-0.15, -0.1) is 0 Å². The van der Waals surface area contributed by atoms with Gasteiger partial charge >= 0.3 is 0 Å². The number of rotatable bonds is 2. The largest absolute Gasteiger partial charge is 0.305 e. The zero-order valence-corrected chi connectivity index (χ0v) is 11.9. The molecule has 0 aliphatic heterocycles. The Morgan fingerprint density at radius 3 is 2.43 bits per heavy atom. The minimum absolute atomic E-state index is 0.138. The highest BCUT2D eigenvalue weighted by atomic mass is 16.1. The molecule has 2 heterocycles. The van der Waals surface area contributed by atoms with Gasteiger partial charge in [0.2, 0.25) is 0 Å². The molecule has 0 radical (unpaired) electrons. The molecule has 0 amide bonds. The van der Waals surface area contributed by atoms with Gasteiger partial charge in [-0.2, -0.15) is 0 Å². The van der Waals surface area contributed by atoms with Crippen LogP contribution in [0, 0.1) is 13.8 Å². The summed E-state index contributed by atoms with van der Waals surface area (Å²) in [4.78, 5) is 23.8. The fourth-order valence-electron chi connectivity index (χ4n) is 2.14. The summed E-state index contributed by atoms with van der Waals surface area (Å²) in [6, 6.07) is 13.5. The van der Waals surface area contributed by atoms with Crippen LogP contribution in [-0.4, -0.2) is 15.0 Å². The first-order valence-electron chi connectivity index (χ1n) is 6.74. The number of hydrogen-bond acceptors (Lipinski definition) is 3. The standard InChI is InChI=1S/C17H15N3O/c1-11-8-9-14(18-10-11)16-19-15(12(2)17(21)20-16)13-6-4-3-5-7-13/h3-10H,1-2H3,(H,19,20,21). The summed E-state index contributed by atoms with van der Waals surface area (Å²) in [5, 5.41) is 0. The Labute approximate surface area is 122 Å². The monoisotopic (exact) mass is 277 g/mol. The summed E-state index contributed by atoms with van der Waals surface area (Å²) >= 11 is 0. The summed E-state index contributed by atoms with van der Waals surface area (Å²) in [6.45, 7) is 3.75. The van der Waals surface area contributed by atoms with Crippen molar-refractivity contribution in [3.63, 3.8) is 0 Å². The Kier molecular flexibility index (Phi) is 3.36. The lowest BCUT2D eigenvalue weighted by Crippen LogP contribution is -2.14. The molecule has 21 heavy (non-hydrogen) atoms. The minimum Gasteiger partial charge on any atom is -0.305 e. The van der Waals surface area contributed by atoms with Crippen molar-refractivity contribution >= 4 is 0 Å². The summed E-state index contributed by atoms with van der Waals surface area (Å²) in [7, 11) is 0. The van der Waals surface area contributed by atoms with E-state index in [4.69, 9.17) is 0 Å². The van der Waals surface area contributed by atoms with E-state index in [0.717, 1.165) is 11.1 Å². The van der Waals surface area contributed by atoms with Crippen molar-refractivity contribution in [2.75, 3.05) is 0 Å². The smallest absolute Gasteiger partial charge is 0.254 e. The zero-order valence-electron chi connectivity index (χ0n) is 11.9. The van der Waals surface area contributed by atoms with E-state index in [1.807, 2.05) is 49.4 Å². The third kappa shape index (κ3) is 2.60. The van der Waals surface area contributed by atoms with Crippen LogP contribution < -0.4 is 5.56 Å². The molecule has 0 unspecified atom stereocenters. The van der Waals surface area contributed by atoms with Gasteiger partial charge < -0.3 is 4.98 Å². The van der Waals surface area contributed by atoms with E-state index >= 15 is 0 Å². The molecule has 0 aliphatic rings. The number of H-pyrrole nitrogens is 1. The van der Waals surface area contributed by atoms with Gasteiger partial charge in [0.25, 0.3) is 5.56 Å². The number of aromatic amines is 1. The van der Waals surface area contributed by atoms with E-state index in [9.17, 15) is 4.79 Å².